The minimum Gasteiger partial charge on any atom is -0.384 e. The fourth-order valence-corrected chi connectivity index (χ4v) is 2.24. The number of carbonyl (C=O) groups excluding carboxylic acids is 1. The molecule has 3 heteroatoms. The fourth-order valence-electron chi connectivity index (χ4n) is 2.24. The first-order valence-electron chi connectivity index (χ1n) is 5.46. The monoisotopic (exact) mass is 204 g/mol. The smallest absolute Gasteiger partial charge is 0.133 e. The van der Waals surface area contributed by atoms with Crippen LogP contribution in [0.1, 0.15) is 31.2 Å². The molecule has 1 unspecified atom stereocenters. The van der Waals surface area contributed by atoms with Gasteiger partial charge in [0, 0.05) is 19.0 Å². The molecule has 1 atom stereocenters. The fraction of sp³-hybridized carbons (Fsp3) is 0.500. The molecule has 1 heterocycles. The highest BCUT2D eigenvalue weighted by atomic mass is 16.1. The van der Waals surface area contributed by atoms with E-state index in [9.17, 15) is 4.79 Å². The third kappa shape index (κ3) is 2.78. The summed E-state index contributed by atoms with van der Waals surface area (Å²) in [6, 6.07) is 3.88. The molecule has 0 saturated heterocycles. The molecular formula is C12H16N2O. The molecule has 0 spiro atoms. The van der Waals surface area contributed by atoms with Gasteiger partial charge in [-0.2, -0.15) is 0 Å². The van der Waals surface area contributed by atoms with Gasteiger partial charge in [0.25, 0.3) is 0 Å². The van der Waals surface area contributed by atoms with Crippen molar-refractivity contribution in [2.24, 2.45) is 5.92 Å². The summed E-state index contributed by atoms with van der Waals surface area (Å²) in [6.07, 6.45) is 6.41. The molecule has 0 aromatic carbocycles. The second-order valence-electron chi connectivity index (χ2n) is 4.29. The van der Waals surface area contributed by atoms with Crippen LogP contribution in [0.3, 0.4) is 0 Å². The lowest BCUT2D eigenvalue weighted by molar-refractivity contribution is -0.121. The van der Waals surface area contributed by atoms with Crippen molar-refractivity contribution in [2.75, 3.05) is 5.73 Å². The van der Waals surface area contributed by atoms with Gasteiger partial charge in [0.15, 0.2) is 0 Å². The van der Waals surface area contributed by atoms with E-state index < -0.39 is 0 Å². The molecule has 2 rings (SSSR count). The Morgan fingerprint density at radius 3 is 3.13 bits per heavy atom. The Balaban J connectivity index is 1.99. The Morgan fingerprint density at radius 2 is 2.40 bits per heavy atom. The molecule has 1 aromatic rings. The number of Topliss-reactive ketones (excluding diaryl/α,β-unsaturated/α-hetero) is 1. The number of aromatic nitrogens is 1. The van der Waals surface area contributed by atoms with E-state index in [1.54, 1.807) is 6.20 Å². The van der Waals surface area contributed by atoms with Crippen molar-refractivity contribution in [3.8, 4) is 0 Å². The molecule has 3 nitrogen and oxygen atoms in total. The maximum Gasteiger partial charge on any atom is 0.133 e. The van der Waals surface area contributed by atoms with Gasteiger partial charge in [-0.1, -0.05) is 0 Å². The van der Waals surface area contributed by atoms with Crippen LogP contribution in [0.4, 0.5) is 5.82 Å². The van der Waals surface area contributed by atoms with E-state index >= 15 is 0 Å². The number of hydrogen-bond acceptors (Lipinski definition) is 3. The average molecular weight is 204 g/mol. The van der Waals surface area contributed by atoms with Crippen molar-refractivity contribution in [2.45, 2.75) is 32.1 Å². The lowest BCUT2D eigenvalue weighted by atomic mass is 9.84. The SMILES string of the molecule is Nc1cc(CC2CCCC(=O)C2)ccn1. The molecule has 1 fully saturated rings. The van der Waals surface area contributed by atoms with E-state index in [2.05, 4.69) is 4.98 Å². The molecule has 1 aliphatic rings. The predicted octanol–water partition coefficient (Wildman–Crippen LogP) is 1.97. The van der Waals surface area contributed by atoms with Crippen LogP contribution < -0.4 is 5.73 Å². The lowest BCUT2D eigenvalue weighted by Gasteiger charge is -2.20. The van der Waals surface area contributed by atoms with Crippen LogP contribution in [0.25, 0.3) is 0 Å². The number of ketones is 1. The maximum atomic E-state index is 11.3. The van der Waals surface area contributed by atoms with Gasteiger partial charge in [-0.3, -0.25) is 4.79 Å². The first kappa shape index (κ1) is 10.1. The van der Waals surface area contributed by atoms with E-state index in [0.29, 0.717) is 17.5 Å². The number of nitrogen functional groups attached to an aromatic ring is 1. The number of pyridine rings is 1. The van der Waals surface area contributed by atoms with Crippen LogP contribution in [0.2, 0.25) is 0 Å². The second kappa shape index (κ2) is 4.43. The number of nitrogens with two attached hydrogens (primary N) is 1. The highest BCUT2D eigenvalue weighted by molar-refractivity contribution is 5.79. The van der Waals surface area contributed by atoms with Crippen molar-refractivity contribution in [3.63, 3.8) is 0 Å². The number of anilines is 1. The minimum absolute atomic E-state index is 0.410. The van der Waals surface area contributed by atoms with Crippen LogP contribution in [-0.2, 0) is 11.2 Å². The van der Waals surface area contributed by atoms with Crippen molar-refractivity contribution < 1.29 is 4.79 Å². The maximum absolute atomic E-state index is 11.3. The quantitative estimate of drug-likeness (QED) is 0.801. The van der Waals surface area contributed by atoms with E-state index in [1.807, 2.05) is 12.1 Å². The topological polar surface area (TPSA) is 56.0 Å². The number of hydrogen-bond donors (Lipinski definition) is 1. The normalized spacial score (nSPS) is 21.6. The summed E-state index contributed by atoms with van der Waals surface area (Å²) < 4.78 is 0. The molecule has 0 radical (unpaired) electrons. The van der Waals surface area contributed by atoms with E-state index in [4.69, 9.17) is 5.73 Å². The predicted molar refractivity (Wildman–Crippen MR) is 59.3 cm³/mol. The first-order chi connectivity index (χ1) is 7.24. The Bertz CT molecular complexity index is 362. The zero-order valence-corrected chi connectivity index (χ0v) is 8.78. The zero-order valence-electron chi connectivity index (χ0n) is 8.78. The number of rotatable bonds is 2. The Labute approximate surface area is 89.7 Å². The molecule has 80 valence electrons. The van der Waals surface area contributed by atoms with Crippen molar-refractivity contribution in [1.29, 1.82) is 0 Å². The Hall–Kier alpha value is -1.38. The summed E-state index contributed by atoms with van der Waals surface area (Å²) in [7, 11) is 0. The zero-order chi connectivity index (χ0) is 10.7. The third-order valence-electron chi connectivity index (χ3n) is 2.95. The summed E-state index contributed by atoms with van der Waals surface area (Å²) in [6.45, 7) is 0. The first-order valence-corrected chi connectivity index (χ1v) is 5.46. The van der Waals surface area contributed by atoms with Crippen LogP contribution in [0.5, 0.6) is 0 Å². The molecule has 1 aromatic heterocycles. The number of carbonyl (C=O) groups is 1. The van der Waals surface area contributed by atoms with E-state index in [-0.39, 0.29) is 0 Å². The molecule has 1 aliphatic carbocycles. The molecule has 0 aliphatic heterocycles. The van der Waals surface area contributed by atoms with Gasteiger partial charge in [-0.15, -0.1) is 0 Å². The highest BCUT2D eigenvalue weighted by Crippen LogP contribution is 2.24. The minimum atomic E-state index is 0.410. The summed E-state index contributed by atoms with van der Waals surface area (Å²) in [5, 5.41) is 0. The van der Waals surface area contributed by atoms with E-state index in [0.717, 1.165) is 32.1 Å². The lowest BCUT2D eigenvalue weighted by Crippen LogP contribution is -2.16. The molecule has 2 N–H and O–H groups in total. The van der Waals surface area contributed by atoms with Gasteiger partial charge in [0.1, 0.15) is 11.6 Å². The van der Waals surface area contributed by atoms with Crippen LogP contribution >= 0.6 is 0 Å². The molecule has 15 heavy (non-hydrogen) atoms. The van der Waals surface area contributed by atoms with Crippen LogP contribution in [-0.4, -0.2) is 10.8 Å². The molecule has 0 bridgehead atoms. The summed E-state index contributed by atoms with van der Waals surface area (Å²) in [5.74, 6) is 1.48. The molecule has 0 amide bonds. The molecular weight excluding hydrogens is 188 g/mol. The van der Waals surface area contributed by atoms with Crippen molar-refractivity contribution in [1.82, 2.24) is 4.98 Å². The van der Waals surface area contributed by atoms with E-state index in [1.165, 1.54) is 5.56 Å². The van der Waals surface area contributed by atoms with Gasteiger partial charge < -0.3 is 5.73 Å². The number of nitrogens with zero attached hydrogens (tertiary/aromatic N) is 1. The standard InChI is InChI=1S/C12H16N2O/c13-12-8-10(4-5-14-12)6-9-2-1-3-11(15)7-9/h4-5,8-9H,1-3,6-7H2,(H2,13,14). The third-order valence-corrected chi connectivity index (χ3v) is 2.95. The Kier molecular flexibility index (Phi) is 2.99. The largest absolute Gasteiger partial charge is 0.384 e. The highest BCUT2D eigenvalue weighted by Gasteiger charge is 2.19. The van der Waals surface area contributed by atoms with Gasteiger partial charge in [-0.05, 0) is 42.9 Å². The average Bonchev–Trinajstić information content (AvgIpc) is 2.17. The molecule has 1 saturated carbocycles. The Morgan fingerprint density at radius 1 is 1.53 bits per heavy atom. The summed E-state index contributed by atoms with van der Waals surface area (Å²) >= 11 is 0. The van der Waals surface area contributed by atoms with Gasteiger partial charge in [-0.25, -0.2) is 4.98 Å². The van der Waals surface area contributed by atoms with Gasteiger partial charge in [0.05, 0.1) is 0 Å². The van der Waals surface area contributed by atoms with Crippen molar-refractivity contribution >= 4 is 11.6 Å². The van der Waals surface area contributed by atoms with Gasteiger partial charge in [0.2, 0.25) is 0 Å². The van der Waals surface area contributed by atoms with Crippen LogP contribution in [0.15, 0.2) is 18.3 Å². The van der Waals surface area contributed by atoms with Gasteiger partial charge >= 0.3 is 0 Å². The van der Waals surface area contributed by atoms with Crippen molar-refractivity contribution in [3.05, 3.63) is 23.9 Å². The second-order valence-corrected chi connectivity index (χ2v) is 4.29. The van der Waals surface area contributed by atoms with Crippen LogP contribution in [0, 0.1) is 5.92 Å². The summed E-state index contributed by atoms with van der Waals surface area (Å²) in [4.78, 5) is 15.3. The summed E-state index contributed by atoms with van der Waals surface area (Å²) in [5.41, 5.74) is 6.81.